The highest BCUT2D eigenvalue weighted by Gasteiger charge is 2.26. The van der Waals surface area contributed by atoms with E-state index in [0.29, 0.717) is 0 Å². The fourth-order valence-corrected chi connectivity index (χ4v) is 3.13. The molecule has 1 amide bonds. The molecule has 0 fully saturated rings. The predicted octanol–water partition coefficient (Wildman–Crippen LogP) is 3.52. The van der Waals surface area contributed by atoms with Crippen LogP contribution in [-0.2, 0) is 11.2 Å². The van der Waals surface area contributed by atoms with Crippen molar-refractivity contribution in [2.24, 2.45) is 0 Å². The van der Waals surface area contributed by atoms with Crippen LogP contribution in [0, 0.1) is 11.6 Å². The van der Waals surface area contributed by atoms with Crippen molar-refractivity contribution in [2.45, 2.75) is 18.9 Å². The molecule has 2 aromatic rings. The van der Waals surface area contributed by atoms with Crippen molar-refractivity contribution >= 4 is 11.6 Å². The first-order valence-electron chi connectivity index (χ1n) is 7.58. The van der Waals surface area contributed by atoms with Crippen molar-refractivity contribution in [3.63, 3.8) is 0 Å². The molecule has 0 aromatic heterocycles. The van der Waals surface area contributed by atoms with Crippen LogP contribution >= 0.6 is 0 Å². The summed E-state index contributed by atoms with van der Waals surface area (Å²) in [5.41, 5.74) is 2.13. The number of amides is 1. The molecule has 0 saturated carbocycles. The van der Waals surface area contributed by atoms with Gasteiger partial charge in [-0.1, -0.05) is 30.3 Å². The molecule has 3 nitrogen and oxygen atoms in total. The van der Waals surface area contributed by atoms with E-state index in [0.717, 1.165) is 25.0 Å². The lowest BCUT2D eigenvalue weighted by atomic mass is 10.1. The van der Waals surface area contributed by atoms with E-state index in [-0.39, 0.29) is 12.6 Å². The summed E-state index contributed by atoms with van der Waals surface area (Å²) in [7, 11) is 1.85. The molecule has 120 valence electrons. The summed E-state index contributed by atoms with van der Waals surface area (Å²) in [6.07, 6.45) is 1.92. The minimum absolute atomic E-state index is 0.0762. The van der Waals surface area contributed by atoms with E-state index in [1.54, 1.807) is 0 Å². The molecular weight excluding hydrogens is 298 g/mol. The topological polar surface area (TPSA) is 32.3 Å². The molecule has 2 aromatic carbocycles. The van der Waals surface area contributed by atoms with Crippen LogP contribution in [-0.4, -0.2) is 24.4 Å². The number of hydrogen-bond donors (Lipinski definition) is 1. The van der Waals surface area contributed by atoms with Gasteiger partial charge in [0, 0.05) is 6.04 Å². The minimum Gasteiger partial charge on any atom is -0.320 e. The lowest BCUT2D eigenvalue weighted by Crippen LogP contribution is -2.33. The SMILES string of the molecule is CN(CC(=O)Nc1c(F)cccc1F)[C@@H]1CCc2ccccc21. The van der Waals surface area contributed by atoms with E-state index < -0.39 is 23.2 Å². The van der Waals surface area contributed by atoms with E-state index in [1.807, 2.05) is 24.1 Å². The first-order valence-corrected chi connectivity index (χ1v) is 7.58. The number of para-hydroxylation sites is 1. The van der Waals surface area contributed by atoms with Gasteiger partial charge in [-0.15, -0.1) is 0 Å². The Morgan fingerprint density at radius 3 is 2.61 bits per heavy atom. The van der Waals surface area contributed by atoms with E-state index >= 15 is 0 Å². The van der Waals surface area contributed by atoms with Gasteiger partial charge in [-0.3, -0.25) is 9.69 Å². The molecule has 23 heavy (non-hydrogen) atoms. The van der Waals surface area contributed by atoms with Crippen molar-refractivity contribution in [2.75, 3.05) is 18.9 Å². The molecule has 0 saturated heterocycles. The summed E-state index contributed by atoms with van der Waals surface area (Å²) < 4.78 is 27.2. The second-order valence-corrected chi connectivity index (χ2v) is 5.81. The first kappa shape index (κ1) is 15.6. The standard InChI is InChI=1S/C18H18F2N2O/c1-22(16-10-9-12-5-2-3-6-13(12)16)11-17(23)21-18-14(19)7-4-8-15(18)20/h2-8,16H,9-11H2,1H3,(H,21,23)/t16-/m1/s1. The Labute approximate surface area is 133 Å². The molecule has 0 unspecified atom stereocenters. The highest BCUT2D eigenvalue weighted by atomic mass is 19.1. The van der Waals surface area contributed by atoms with Crippen molar-refractivity contribution in [1.29, 1.82) is 0 Å². The molecule has 1 atom stereocenters. The Balaban J connectivity index is 1.67. The van der Waals surface area contributed by atoms with Gasteiger partial charge in [-0.25, -0.2) is 8.78 Å². The number of hydrogen-bond acceptors (Lipinski definition) is 2. The van der Waals surface area contributed by atoms with Crippen LogP contribution in [0.25, 0.3) is 0 Å². The number of aryl methyl sites for hydroxylation is 1. The summed E-state index contributed by atoms with van der Waals surface area (Å²) in [6.45, 7) is 0.0762. The highest BCUT2D eigenvalue weighted by molar-refractivity contribution is 5.92. The average Bonchev–Trinajstić information content (AvgIpc) is 2.95. The maximum absolute atomic E-state index is 13.6. The lowest BCUT2D eigenvalue weighted by molar-refractivity contribution is -0.117. The number of carbonyl (C=O) groups excluding carboxylic acids is 1. The molecule has 1 N–H and O–H groups in total. The summed E-state index contributed by atoms with van der Waals surface area (Å²) in [5, 5.41) is 2.33. The molecule has 0 spiro atoms. The smallest absolute Gasteiger partial charge is 0.238 e. The number of anilines is 1. The number of rotatable bonds is 4. The van der Waals surface area contributed by atoms with Crippen LogP contribution in [0.5, 0.6) is 0 Å². The van der Waals surface area contributed by atoms with E-state index in [4.69, 9.17) is 0 Å². The molecule has 1 aliphatic rings. The number of benzene rings is 2. The number of likely N-dealkylation sites (N-methyl/N-ethyl adjacent to an activating group) is 1. The third kappa shape index (κ3) is 3.24. The summed E-state index contributed by atoms with van der Waals surface area (Å²) >= 11 is 0. The molecule has 0 heterocycles. The number of carbonyl (C=O) groups is 1. The molecule has 1 aliphatic carbocycles. The maximum atomic E-state index is 13.6. The monoisotopic (exact) mass is 316 g/mol. The fraction of sp³-hybridized carbons (Fsp3) is 0.278. The zero-order valence-electron chi connectivity index (χ0n) is 12.9. The fourth-order valence-electron chi connectivity index (χ4n) is 3.13. The zero-order valence-corrected chi connectivity index (χ0v) is 12.9. The maximum Gasteiger partial charge on any atom is 0.238 e. The number of fused-ring (bicyclic) bond motifs is 1. The first-order chi connectivity index (χ1) is 11.1. The van der Waals surface area contributed by atoms with Gasteiger partial charge in [-0.2, -0.15) is 0 Å². The Hall–Kier alpha value is -2.27. The van der Waals surface area contributed by atoms with E-state index in [1.165, 1.54) is 17.2 Å². The van der Waals surface area contributed by atoms with Crippen molar-refractivity contribution in [1.82, 2.24) is 4.90 Å². The van der Waals surface area contributed by atoms with Crippen molar-refractivity contribution in [3.05, 3.63) is 65.2 Å². The molecule has 3 rings (SSSR count). The van der Waals surface area contributed by atoms with Gasteiger partial charge in [0.1, 0.15) is 17.3 Å². The molecule has 0 bridgehead atoms. The van der Waals surface area contributed by atoms with Crippen molar-refractivity contribution < 1.29 is 13.6 Å². The molecular formula is C18H18F2N2O. The number of nitrogens with zero attached hydrogens (tertiary/aromatic N) is 1. The second-order valence-electron chi connectivity index (χ2n) is 5.81. The van der Waals surface area contributed by atoms with Gasteiger partial charge in [0.25, 0.3) is 0 Å². The normalized spacial score (nSPS) is 16.4. The van der Waals surface area contributed by atoms with Gasteiger partial charge in [0.05, 0.1) is 6.54 Å². The zero-order chi connectivity index (χ0) is 16.4. The highest BCUT2D eigenvalue weighted by Crippen LogP contribution is 2.34. The predicted molar refractivity (Wildman–Crippen MR) is 85.1 cm³/mol. The van der Waals surface area contributed by atoms with Gasteiger partial charge >= 0.3 is 0 Å². The van der Waals surface area contributed by atoms with Gasteiger partial charge in [0.15, 0.2) is 0 Å². The number of nitrogens with one attached hydrogen (secondary N) is 1. The van der Waals surface area contributed by atoms with Crippen LogP contribution in [0.3, 0.4) is 0 Å². The van der Waals surface area contributed by atoms with Gasteiger partial charge in [-0.05, 0) is 43.1 Å². The third-order valence-corrected chi connectivity index (χ3v) is 4.25. The molecule has 0 radical (unpaired) electrons. The molecule has 5 heteroatoms. The van der Waals surface area contributed by atoms with E-state index in [2.05, 4.69) is 17.4 Å². The number of halogens is 2. The van der Waals surface area contributed by atoms with Crippen LogP contribution in [0.4, 0.5) is 14.5 Å². The summed E-state index contributed by atoms with van der Waals surface area (Å²) in [4.78, 5) is 14.0. The Morgan fingerprint density at radius 2 is 1.87 bits per heavy atom. The summed E-state index contributed by atoms with van der Waals surface area (Å²) in [6, 6.07) is 11.8. The van der Waals surface area contributed by atoms with Gasteiger partial charge < -0.3 is 5.32 Å². The Bertz CT molecular complexity index is 712. The van der Waals surface area contributed by atoms with Gasteiger partial charge in [0.2, 0.25) is 5.91 Å². The molecule has 0 aliphatic heterocycles. The average molecular weight is 316 g/mol. The van der Waals surface area contributed by atoms with Crippen LogP contribution in [0.15, 0.2) is 42.5 Å². The van der Waals surface area contributed by atoms with E-state index in [9.17, 15) is 13.6 Å². The largest absolute Gasteiger partial charge is 0.320 e. The van der Waals surface area contributed by atoms with Crippen LogP contribution < -0.4 is 5.32 Å². The second kappa shape index (κ2) is 6.46. The quantitative estimate of drug-likeness (QED) is 0.936. The summed E-state index contributed by atoms with van der Waals surface area (Å²) in [5.74, 6) is -1.97. The minimum atomic E-state index is -0.771. The Kier molecular flexibility index (Phi) is 4.39. The third-order valence-electron chi connectivity index (χ3n) is 4.25. The van der Waals surface area contributed by atoms with Crippen LogP contribution in [0.2, 0.25) is 0 Å². The van der Waals surface area contributed by atoms with Crippen LogP contribution in [0.1, 0.15) is 23.6 Å². The van der Waals surface area contributed by atoms with Crippen molar-refractivity contribution in [3.8, 4) is 0 Å². The Morgan fingerprint density at radius 1 is 1.17 bits per heavy atom. The lowest BCUT2D eigenvalue weighted by Gasteiger charge is -2.24.